The van der Waals surface area contributed by atoms with Gasteiger partial charge in [-0.05, 0) is 56.4 Å². The van der Waals surface area contributed by atoms with Crippen molar-refractivity contribution in [2.24, 2.45) is 11.1 Å². The Labute approximate surface area is 215 Å². The molecule has 1 aliphatic rings. The highest BCUT2D eigenvalue weighted by atomic mass is 35.5. The van der Waals surface area contributed by atoms with Crippen molar-refractivity contribution in [1.82, 2.24) is 5.32 Å². The molecular weight excluding hydrogens is 493 g/mol. The van der Waals surface area contributed by atoms with Crippen LogP contribution in [0.5, 0.6) is 0 Å². The number of nitrogens with one attached hydrogen (secondary N) is 1. The number of rotatable bonds is 6. The maximum atomic E-state index is 15.5. The van der Waals surface area contributed by atoms with Crippen molar-refractivity contribution in [3.05, 3.63) is 81.9 Å². The van der Waals surface area contributed by atoms with Crippen molar-refractivity contribution >= 4 is 29.2 Å². The van der Waals surface area contributed by atoms with Crippen molar-refractivity contribution in [2.45, 2.75) is 70.2 Å². The van der Waals surface area contributed by atoms with Crippen LogP contribution in [0.1, 0.15) is 58.1 Å². The van der Waals surface area contributed by atoms with Gasteiger partial charge in [-0.3, -0.25) is 10.1 Å². The molecule has 1 saturated heterocycles. The van der Waals surface area contributed by atoms with E-state index in [1.165, 1.54) is 24.3 Å². The lowest BCUT2D eigenvalue weighted by molar-refractivity contribution is -0.157. The molecule has 4 unspecified atom stereocenters. The van der Waals surface area contributed by atoms with Gasteiger partial charge in [-0.15, -0.1) is 6.58 Å². The lowest BCUT2D eigenvalue weighted by Crippen LogP contribution is -2.52. The van der Waals surface area contributed by atoms with Gasteiger partial charge in [-0.2, -0.15) is 0 Å². The summed E-state index contributed by atoms with van der Waals surface area (Å²) < 4.78 is 36.6. The van der Waals surface area contributed by atoms with Gasteiger partial charge in [0.1, 0.15) is 23.3 Å². The highest BCUT2D eigenvalue weighted by Crippen LogP contribution is 2.50. The molecule has 8 heteroatoms. The van der Waals surface area contributed by atoms with E-state index in [1.807, 2.05) is 13.8 Å². The summed E-state index contributed by atoms with van der Waals surface area (Å²) in [5, 5.41) is 3.34. The topological polar surface area (TPSA) is 64.3 Å². The van der Waals surface area contributed by atoms with Crippen LogP contribution in [-0.2, 0) is 15.1 Å². The molecule has 1 aliphatic heterocycles. The zero-order valence-corrected chi connectivity index (χ0v) is 22.1. The van der Waals surface area contributed by atoms with Gasteiger partial charge in [-0.25, -0.2) is 8.78 Å². The van der Waals surface area contributed by atoms with Crippen molar-refractivity contribution in [2.75, 3.05) is 0 Å². The highest BCUT2D eigenvalue weighted by molar-refractivity contribution is 6.31. The van der Waals surface area contributed by atoms with E-state index in [2.05, 4.69) is 11.9 Å². The predicted molar refractivity (Wildman–Crippen MR) is 137 cm³/mol. The molecule has 3 rings (SSSR count). The van der Waals surface area contributed by atoms with E-state index in [4.69, 9.17) is 33.7 Å². The first-order valence-corrected chi connectivity index (χ1v) is 12.2. The van der Waals surface area contributed by atoms with E-state index in [0.717, 1.165) is 6.07 Å². The SMILES string of the molecule is C=CC(C)(C)CC1NC(C(=O)OC(C)(C)C)C(c2cccc(Cl)c2F)C1(N)c1ccc(Cl)cc1F. The number of esters is 1. The minimum atomic E-state index is -1.57. The number of hydrogen-bond acceptors (Lipinski definition) is 4. The fourth-order valence-electron chi connectivity index (χ4n) is 4.74. The fourth-order valence-corrected chi connectivity index (χ4v) is 5.08. The molecule has 0 bridgehead atoms. The van der Waals surface area contributed by atoms with Crippen molar-refractivity contribution in [3.63, 3.8) is 0 Å². The van der Waals surface area contributed by atoms with Crippen LogP contribution >= 0.6 is 23.2 Å². The van der Waals surface area contributed by atoms with Crippen molar-refractivity contribution in [1.29, 1.82) is 0 Å². The molecule has 0 aromatic heterocycles. The van der Waals surface area contributed by atoms with E-state index in [-0.39, 0.29) is 21.2 Å². The van der Waals surface area contributed by atoms with Crippen LogP contribution < -0.4 is 11.1 Å². The van der Waals surface area contributed by atoms with Gasteiger partial charge in [-0.1, -0.05) is 61.3 Å². The standard InChI is InChI=1S/C27H32Cl2F2N2O2/c1-7-26(5,6)14-20-27(32,17-12-11-15(28)13-19(17)30)21(16-9-8-10-18(29)22(16)31)23(33-20)24(34)35-25(2,3)4/h7-13,20-21,23,33H,1,14,32H2,2-6H3. The third-order valence-corrected chi connectivity index (χ3v) is 6.99. The van der Waals surface area contributed by atoms with Gasteiger partial charge in [0.2, 0.25) is 0 Å². The Morgan fingerprint density at radius 3 is 2.43 bits per heavy atom. The molecule has 1 heterocycles. The Kier molecular flexibility index (Phi) is 7.74. The lowest BCUT2D eigenvalue weighted by Gasteiger charge is -2.40. The monoisotopic (exact) mass is 524 g/mol. The van der Waals surface area contributed by atoms with Crippen LogP contribution in [0.2, 0.25) is 10.0 Å². The van der Waals surface area contributed by atoms with Gasteiger partial charge in [0, 0.05) is 22.5 Å². The second kappa shape index (κ2) is 9.81. The summed E-state index contributed by atoms with van der Waals surface area (Å²) in [7, 11) is 0. The molecule has 0 saturated carbocycles. The van der Waals surface area contributed by atoms with E-state index in [0.29, 0.717) is 6.42 Å². The zero-order valence-electron chi connectivity index (χ0n) is 20.6. The molecule has 0 aliphatic carbocycles. The molecule has 4 atom stereocenters. The van der Waals surface area contributed by atoms with Crippen LogP contribution in [-0.4, -0.2) is 23.7 Å². The Morgan fingerprint density at radius 1 is 1.20 bits per heavy atom. The molecule has 0 radical (unpaired) electrons. The first kappa shape index (κ1) is 27.6. The van der Waals surface area contributed by atoms with Crippen molar-refractivity contribution < 1.29 is 18.3 Å². The number of nitrogens with two attached hydrogens (primary N) is 1. The molecule has 2 aromatic rings. The molecule has 0 spiro atoms. The largest absolute Gasteiger partial charge is 0.459 e. The number of carbonyl (C=O) groups excluding carboxylic acids is 1. The van der Waals surface area contributed by atoms with Gasteiger partial charge in [0.05, 0.1) is 10.6 Å². The minimum Gasteiger partial charge on any atom is -0.459 e. The molecule has 4 nitrogen and oxygen atoms in total. The molecule has 190 valence electrons. The summed E-state index contributed by atoms with van der Waals surface area (Å²) in [5.41, 5.74) is 4.51. The normalized spacial score (nSPS) is 24.9. The minimum absolute atomic E-state index is 0.0941. The number of benzene rings is 2. The smallest absolute Gasteiger partial charge is 0.324 e. The number of ether oxygens (including phenoxy) is 1. The third-order valence-electron chi connectivity index (χ3n) is 6.46. The summed E-state index contributed by atoms with van der Waals surface area (Å²) in [6.45, 7) is 13.0. The lowest BCUT2D eigenvalue weighted by atomic mass is 9.68. The van der Waals surface area contributed by atoms with E-state index in [1.54, 1.807) is 32.9 Å². The highest BCUT2D eigenvalue weighted by Gasteiger charge is 2.59. The summed E-state index contributed by atoms with van der Waals surface area (Å²) >= 11 is 12.1. The average Bonchev–Trinajstić information content (AvgIpc) is 3.01. The van der Waals surface area contributed by atoms with Crippen LogP contribution in [0.25, 0.3) is 0 Å². The molecular formula is C27H32Cl2F2N2O2. The molecule has 1 fully saturated rings. The van der Waals surface area contributed by atoms with Gasteiger partial charge < -0.3 is 10.5 Å². The Hall–Kier alpha value is -1.99. The van der Waals surface area contributed by atoms with E-state index in [9.17, 15) is 4.79 Å². The fraction of sp³-hybridized carbons (Fsp3) is 0.444. The summed E-state index contributed by atoms with van der Waals surface area (Å²) in [6.07, 6.45) is 2.15. The van der Waals surface area contributed by atoms with Gasteiger partial charge >= 0.3 is 5.97 Å². The maximum absolute atomic E-state index is 15.5. The molecule has 3 N–H and O–H groups in total. The zero-order chi connectivity index (χ0) is 26.3. The van der Waals surface area contributed by atoms with E-state index >= 15 is 8.78 Å². The quantitative estimate of drug-likeness (QED) is 0.334. The van der Waals surface area contributed by atoms with Gasteiger partial charge in [0.15, 0.2) is 0 Å². The van der Waals surface area contributed by atoms with Crippen molar-refractivity contribution in [3.8, 4) is 0 Å². The number of carbonyl (C=O) groups is 1. The molecule has 35 heavy (non-hydrogen) atoms. The van der Waals surface area contributed by atoms with Crippen LogP contribution in [0, 0.1) is 17.0 Å². The van der Waals surface area contributed by atoms with Crippen LogP contribution in [0.4, 0.5) is 8.78 Å². The Bertz CT molecular complexity index is 1130. The first-order chi connectivity index (χ1) is 16.1. The number of halogens is 4. The molecule has 0 amide bonds. The van der Waals surface area contributed by atoms with E-state index < -0.39 is 52.2 Å². The molecule has 2 aromatic carbocycles. The summed E-state index contributed by atoms with van der Waals surface area (Å²) in [4.78, 5) is 13.4. The average molecular weight is 525 g/mol. The summed E-state index contributed by atoms with van der Waals surface area (Å²) in [6, 6.07) is 6.93. The number of allylic oxidation sites excluding steroid dienone is 1. The first-order valence-electron chi connectivity index (χ1n) is 11.4. The van der Waals surface area contributed by atoms with Crippen LogP contribution in [0.15, 0.2) is 49.1 Å². The maximum Gasteiger partial charge on any atom is 0.324 e. The second-order valence-electron chi connectivity index (χ2n) is 10.8. The predicted octanol–water partition coefficient (Wildman–Crippen LogP) is 6.49. The summed E-state index contributed by atoms with van der Waals surface area (Å²) in [5.74, 6) is -3.04. The van der Waals surface area contributed by atoms with Gasteiger partial charge in [0.25, 0.3) is 0 Å². The number of hydrogen-bond donors (Lipinski definition) is 2. The third kappa shape index (κ3) is 5.56. The Morgan fingerprint density at radius 2 is 1.86 bits per heavy atom. The van der Waals surface area contributed by atoms with Crippen LogP contribution in [0.3, 0.4) is 0 Å². The second-order valence-corrected chi connectivity index (χ2v) is 11.6. The Balaban J connectivity index is 2.31.